The minimum absolute atomic E-state index is 0.224. The van der Waals surface area contributed by atoms with Gasteiger partial charge in [0.25, 0.3) is 0 Å². The van der Waals surface area contributed by atoms with Gasteiger partial charge < -0.3 is 24.1 Å². The number of methoxy groups -OCH3 is 1. The summed E-state index contributed by atoms with van der Waals surface area (Å²) in [6.45, 7) is 0.490. The zero-order valence-electron chi connectivity index (χ0n) is 18.7. The summed E-state index contributed by atoms with van der Waals surface area (Å²) in [5.41, 5.74) is 2.59. The summed E-state index contributed by atoms with van der Waals surface area (Å²) in [5.74, 6) is 0.423. The van der Waals surface area contributed by atoms with Crippen molar-refractivity contribution in [3.8, 4) is 5.88 Å². The number of nitrogens with zero attached hydrogens (tertiary/aromatic N) is 4. The molecule has 2 aromatic carbocycles. The maximum absolute atomic E-state index is 10.1. The van der Waals surface area contributed by atoms with Crippen LogP contribution in [0.25, 0.3) is 11.0 Å². The maximum Gasteiger partial charge on any atom is 0.227 e. The molecule has 4 atom stereocenters. The molecule has 5 rings (SSSR count). The highest BCUT2D eigenvalue weighted by molar-refractivity contribution is 5.79. The number of hydrogen-bond acceptors (Lipinski definition) is 8. The molecule has 0 saturated carbocycles. The van der Waals surface area contributed by atoms with Gasteiger partial charge in [0.15, 0.2) is 11.9 Å². The smallest absolute Gasteiger partial charge is 0.227 e. The average Bonchev–Trinajstić information content (AvgIpc) is 3.48. The van der Waals surface area contributed by atoms with Crippen molar-refractivity contribution in [2.75, 3.05) is 13.7 Å². The van der Waals surface area contributed by atoms with E-state index >= 15 is 0 Å². The molecule has 3 heterocycles. The van der Waals surface area contributed by atoms with Crippen LogP contribution in [0.15, 0.2) is 73.2 Å². The van der Waals surface area contributed by atoms with Crippen molar-refractivity contribution >= 4 is 11.0 Å². The van der Waals surface area contributed by atoms with Crippen LogP contribution in [-0.4, -0.2) is 56.9 Å². The third kappa shape index (κ3) is 4.51. The number of aliphatic hydroxyl groups excluding tert-OH is 1. The first-order valence-corrected chi connectivity index (χ1v) is 11.1. The van der Waals surface area contributed by atoms with Gasteiger partial charge >= 0.3 is 0 Å². The topological polar surface area (TPSA) is 101 Å². The lowest BCUT2D eigenvalue weighted by molar-refractivity contribution is -0.0922. The first kappa shape index (κ1) is 22.4. The van der Waals surface area contributed by atoms with Crippen molar-refractivity contribution in [2.45, 2.75) is 37.8 Å². The van der Waals surface area contributed by atoms with Crippen molar-refractivity contribution in [3.63, 3.8) is 0 Å². The van der Waals surface area contributed by atoms with Crippen LogP contribution in [0, 0.1) is 0 Å². The van der Waals surface area contributed by atoms with Gasteiger partial charge in [0.2, 0.25) is 5.88 Å². The Balaban J connectivity index is 1.46. The largest absolute Gasteiger partial charge is 0.480 e. The Morgan fingerprint density at radius 1 is 0.912 bits per heavy atom. The van der Waals surface area contributed by atoms with Gasteiger partial charge in [-0.1, -0.05) is 60.7 Å². The van der Waals surface area contributed by atoms with Crippen LogP contribution in [0.4, 0.5) is 0 Å². The predicted molar refractivity (Wildman–Crippen MR) is 123 cm³/mol. The molecule has 1 aliphatic heterocycles. The Bertz CT molecular complexity index is 1200. The number of hydrogen-bond donors (Lipinski definition) is 1. The van der Waals surface area contributed by atoms with Crippen LogP contribution in [0.2, 0.25) is 0 Å². The second-order valence-corrected chi connectivity index (χ2v) is 7.98. The molecule has 2 aromatic heterocycles. The summed E-state index contributed by atoms with van der Waals surface area (Å²) in [4.78, 5) is 8.53. The van der Waals surface area contributed by atoms with Crippen LogP contribution < -0.4 is 4.74 Å². The third-order valence-corrected chi connectivity index (χ3v) is 5.82. The molecule has 0 bridgehead atoms. The van der Waals surface area contributed by atoms with Gasteiger partial charge in [0.05, 0.1) is 33.1 Å². The molecule has 9 heteroatoms. The molecule has 4 aromatic rings. The van der Waals surface area contributed by atoms with E-state index < -0.39 is 24.5 Å². The molecule has 1 saturated heterocycles. The summed E-state index contributed by atoms with van der Waals surface area (Å²) in [7, 11) is 1.55. The monoisotopic (exact) mass is 462 g/mol. The minimum atomic E-state index is -0.668. The first-order valence-electron chi connectivity index (χ1n) is 11.1. The average molecular weight is 463 g/mol. The van der Waals surface area contributed by atoms with Gasteiger partial charge in [-0.2, -0.15) is 5.10 Å². The lowest BCUT2D eigenvalue weighted by Crippen LogP contribution is -2.38. The zero-order chi connectivity index (χ0) is 23.3. The van der Waals surface area contributed by atoms with Crippen LogP contribution in [0.5, 0.6) is 5.88 Å². The van der Waals surface area contributed by atoms with Crippen molar-refractivity contribution in [2.24, 2.45) is 0 Å². The second-order valence-electron chi connectivity index (χ2n) is 7.98. The molecule has 0 unspecified atom stereocenters. The van der Waals surface area contributed by atoms with Gasteiger partial charge in [-0.25, -0.2) is 14.6 Å². The van der Waals surface area contributed by atoms with Gasteiger partial charge in [-0.15, -0.1) is 0 Å². The molecular weight excluding hydrogens is 436 g/mol. The lowest BCUT2D eigenvalue weighted by Gasteiger charge is -2.25. The summed E-state index contributed by atoms with van der Waals surface area (Å²) < 4.78 is 25.9. The molecule has 0 radical (unpaired) electrons. The molecule has 176 valence electrons. The molecule has 1 fully saturated rings. The van der Waals surface area contributed by atoms with Crippen molar-refractivity contribution in [1.29, 1.82) is 0 Å². The number of benzene rings is 2. The second kappa shape index (κ2) is 10.3. The highest BCUT2D eigenvalue weighted by atomic mass is 16.6. The zero-order valence-corrected chi connectivity index (χ0v) is 18.7. The molecule has 0 amide bonds. The number of fused-ring (bicyclic) bond motifs is 1. The summed E-state index contributed by atoms with van der Waals surface area (Å²) in [6.07, 6.45) is 0.710. The van der Waals surface area contributed by atoms with Gasteiger partial charge in [-0.05, 0) is 11.1 Å². The molecule has 34 heavy (non-hydrogen) atoms. The lowest BCUT2D eigenvalue weighted by atomic mass is 10.1. The standard InChI is InChI=1S/C25H26N4O5/c1-31-24-19-12-28-29(23(19)26-16-27-24)25-22(33-15-18-10-6-3-7-11-18)21(20(13-30)34-25)32-14-17-8-4-2-5-9-17/h2-12,16,20-22,25,30H,13-15H2,1H3/t20-,21-,22+,25-/m1/s1. The van der Waals surface area contributed by atoms with E-state index in [2.05, 4.69) is 15.1 Å². The highest BCUT2D eigenvalue weighted by Crippen LogP contribution is 2.36. The van der Waals surface area contributed by atoms with Crippen LogP contribution >= 0.6 is 0 Å². The summed E-state index contributed by atoms with van der Waals surface area (Å²) >= 11 is 0. The highest BCUT2D eigenvalue weighted by Gasteiger charge is 2.48. The minimum Gasteiger partial charge on any atom is -0.480 e. The Kier molecular flexibility index (Phi) is 6.77. The van der Waals surface area contributed by atoms with E-state index in [9.17, 15) is 5.11 Å². The number of aromatic nitrogens is 4. The Morgan fingerprint density at radius 3 is 2.18 bits per heavy atom. The van der Waals surface area contributed by atoms with Crippen molar-refractivity contribution in [3.05, 3.63) is 84.3 Å². The van der Waals surface area contributed by atoms with Crippen LogP contribution in [0.1, 0.15) is 17.4 Å². The van der Waals surface area contributed by atoms with E-state index in [1.807, 2.05) is 60.7 Å². The van der Waals surface area contributed by atoms with Gasteiger partial charge in [0, 0.05) is 0 Å². The van der Waals surface area contributed by atoms with Crippen molar-refractivity contribution in [1.82, 2.24) is 19.7 Å². The third-order valence-electron chi connectivity index (χ3n) is 5.82. The summed E-state index contributed by atoms with van der Waals surface area (Å²) in [5, 5.41) is 15.3. The van der Waals surface area contributed by atoms with Crippen LogP contribution in [-0.2, 0) is 27.4 Å². The molecule has 0 spiro atoms. The Hall–Kier alpha value is -3.37. The van der Waals surface area contributed by atoms with E-state index in [0.29, 0.717) is 30.1 Å². The van der Waals surface area contributed by atoms with Gasteiger partial charge in [0.1, 0.15) is 30.0 Å². The molecule has 9 nitrogen and oxygen atoms in total. The fraction of sp³-hybridized carbons (Fsp3) is 0.320. The van der Waals surface area contributed by atoms with E-state index in [1.165, 1.54) is 6.33 Å². The van der Waals surface area contributed by atoms with E-state index in [4.69, 9.17) is 18.9 Å². The predicted octanol–water partition coefficient (Wildman–Crippen LogP) is 2.90. The van der Waals surface area contributed by atoms with E-state index in [-0.39, 0.29) is 6.61 Å². The molecule has 1 N–H and O–H groups in total. The number of aliphatic hydroxyl groups is 1. The van der Waals surface area contributed by atoms with Gasteiger partial charge in [-0.3, -0.25) is 0 Å². The van der Waals surface area contributed by atoms with E-state index in [0.717, 1.165) is 11.1 Å². The van der Waals surface area contributed by atoms with E-state index in [1.54, 1.807) is 18.0 Å². The normalized spacial score (nSPS) is 22.3. The fourth-order valence-corrected chi connectivity index (χ4v) is 4.15. The molecule has 1 aliphatic rings. The fourth-order valence-electron chi connectivity index (χ4n) is 4.15. The quantitative estimate of drug-likeness (QED) is 0.405. The van der Waals surface area contributed by atoms with Crippen molar-refractivity contribution < 1.29 is 24.1 Å². The molecule has 0 aliphatic carbocycles. The SMILES string of the molecule is COc1ncnc2c1cnn2[C@@H]1O[C@H](CO)[C@@H](OCc2ccccc2)[C@@H]1OCc1ccccc1. The number of ether oxygens (including phenoxy) is 4. The Morgan fingerprint density at radius 2 is 1.56 bits per heavy atom. The number of rotatable bonds is 9. The Labute approximate surface area is 196 Å². The summed E-state index contributed by atoms with van der Waals surface area (Å²) in [6, 6.07) is 19.7. The van der Waals surface area contributed by atoms with Crippen LogP contribution in [0.3, 0.4) is 0 Å². The maximum atomic E-state index is 10.1. The molecular formula is C25H26N4O5. The first-order chi connectivity index (χ1) is 16.8.